The van der Waals surface area contributed by atoms with Gasteiger partial charge in [-0.2, -0.15) is 0 Å². The normalized spacial score (nSPS) is 10.2. The summed E-state index contributed by atoms with van der Waals surface area (Å²) in [6.07, 6.45) is 1.71. The van der Waals surface area contributed by atoms with Crippen LogP contribution < -0.4 is 0 Å². The highest BCUT2D eigenvalue weighted by molar-refractivity contribution is 6.30. The van der Waals surface area contributed by atoms with E-state index in [4.69, 9.17) is 21.1 Å². The summed E-state index contributed by atoms with van der Waals surface area (Å²) in [7, 11) is 0. The average Bonchev–Trinajstić information content (AvgIpc) is 2.60. The monoisotopic (exact) mass is 346 g/mol. The summed E-state index contributed by atoms with van der Waals surface area (Å²) < 4.78 is 10.5. The lowest BCUT2D eigenvalue weighted by Crippen LogP contribution is -2.14. The van der Waals surface area contributed by atoms with Crippen molar-refractivity contribution < 1.29 is 19.1 Å². The van der Waals surface area contributed by atoms with Crippen LogP contribution in [0.3, 0.4) is 0 Å². The van der Waals surface area contributed by atoms with Crippen molar-refractivity contribution in [1.82, 2.24) is 0 Å². The topological polar surface area (TPSA) is 52.6 Å². The summed E-state index contributed by atoms with van der Waals surface area (Å²) in [5, 5.41) is 0.573. The molecule has 126 valence electrons. The number of benzene rings is 2. The van der Waals surface area contributed by atoms with E-state index in [9.17, 15) is 9.59 Å². The summed E-state index contributed by atoms with van der Waals surface area (Å²) in [6.45, 7) is 2.43. The molecule has 0 bridgehead atoms. The fourth-order valence-corrected chi connectivity index (χ4v) is 2.29. The fourth-order valence-electron chi connectivity index (χ4n) is 2.08. The predicted molar refractivity (Wildman–Crippen MR) is 92.2 cm³/mol. The number of halogens is 1. The van der Waals surface area contributed by atoms with E-state index < -0.39 is 11.9 Å². The lowest BCUT2D eigenvalue weighted by molar-refractivity contribution is 0.0437. The van der Waals surface area contributed by atoms with E-state index in [0.29, 0.717) is 11.6 Å². The van der Waals surface area contributed by atoms with Crippen molar-refractivity contribution >= 4 is 23.5 Å². The fraction of sp³-hybridized carbons (Fsp3) is 0.263. The van der Waals surface area contributed by atoms with Gasteiger partial charge >= 0.3 is 11.9 Å². The number of esters is 2. The van der Waals surface area contributed by atoms with Crippen LogP contribution >= 0.6 is 11.6 Å². The van der Waals surface area contributed by atoms with Gasteiger partial charge in [-0.15, -0.1) is 0 Å². The van der Waals surface area contributed by atoms with Crippen molar-refractivity contribution in [3.8, 4) is 0 Å². The molecule has 0 fully saturated rings. The highest BCUT2D eigenvalue weighted by Gasteiger charge is 2.18. The van der Waals surface area contributed by atoms with Gasteiger partial charge in [-0.05, 0) is 36.2 Å². The van der Waals surface area contributed by atoms with Crippen molar-refractivity contribution in [2.45, 2.75) is 26.4 Å². The largest absolute Gasteiger partial charge is 0.462 e. The number of unbranched alkanes of at least 4 members (excludes halogenated alkanes) is 1. The molecule has 5 heteroatoms. The Balaban J connectivity index is 2.05. The van der Waals surface area contributed by atoms with E-state index in [1.807, 2.05) is 13.0 Å². The van der Waals surface area contributed by atoms with Gasteiger partial charge in [0.2, 0.25) is 0 Å². The van der Waals surface area contributed by atoms with Gasteiger partial charge in [0.15, 0.2) is 0 Å². The van der Waals surface area contributed by atoms with E-state index in [-0.39, 0.29) is 17.7 Å². The predicted octanol–water partition coefficient (Wildman–Crippen LogP) is 4.65. The summed E-state index contributed by atoms with van der Waals surface area (Å²) in [4.78, 5) is 24.4. The summed E-state index contributed by atoms with van der Waals surface area (Å²) >= 11 is 5.90. The molecule has 0 spiro atoms. The van der Waals surface area contributed by atoms with Crippen LogP contribution in [-0.2, 0) is 16.1 Å². The third-order valence-electron chi connectivity index (χ3n) is 3.36. The molecule has 0 unspecified atom stereocenters. The summed E-state index contributed by atoms with van der Waals surface area (Å²) in [5.41, 5.74) is 1.18. The summed E-state index contributed by atoms with van der Waals surface area (Å²) in [6, 6.07) is 13.5. The first-order chi connectivity index (χ1) is 11.6. The molecule has 0 aromatic heterocycles. The molecule has 0 aliphatic carbocycles. The van der Waals surface area contributed by atoms with Gasteiger partial charge in [0.1, 0.15) is 6.61 Å². The first kappa shape index (κ1) is 18.0. The number of hydrogen-bond acceptors (Lipinski definition) is 4. The molecule has 2 aromatic carbocycles. The van der Waals surface area contributed by atoms with Gasteiger partial charge in [-0.25, -0.2) is 9.59 Å². The van der Waals surface area contributed by atoms with Crippen LogP contribution in [0.15, 0.2) is 48.5 Å². The van der Waals surface area contributed by atoms with Gasteiger partial charge in [-0.3, -0.25) is 0 Å². The third kappa shape index (κ3) is 5.10. The second-order valence-electron chi connectivity index (χ2n) is 5.24. The molecular formula is C19H19ClO4. The third-order valence-corrected chi connectivity index (χ3v) is 3.59. The smallest absolute Gasteiger partial charge is 0.339 e. The maximum Gasteiger partial charge on any atom is 0.339 e. The molecule has 2 rings (SSSR count). The summed E-state index contributed by atoms with van der Waals surface area (Å²) in [5.74, 6) is -1.09. The quantitative estimate of drug-likeness (QED) is 0.540. The Bertz CT molecular complexity index is 712. The lowest BCUT2D eigenvalue weighted by atomic mass is 10.1. The van der Waals surface area contributed by atoms with Crippen molar-refractivity contribution in [3.63, 3.8) is 0 Å². The van der Waals surface area contributed by atoms with E-state index in [1.54, 1.807) is 42.5 Å². The molecule has 0 saturated heterocycles. The minimum Gasteiger partial charge on any atom is -0.462 e. The Morgan fingerprint density at radius 3 is 2.25 bits per heavy atom. The van der Waals surface area contributed by atoms with Gasteiger partial charge < -0.3 is 9.47 Å². The molecule has 4 nitrogen and oxygen atoms in total. The van der Waals surface area contributed by atoms with Crippen molar-refractivity contribution in [3.05, 3.63) is 70.2 Å². The molecule has 0 aliphatic rings. The van der Waals surface area contributed by atoms with E-state index in [0.717, 1.165) is 18.4 Å². The van der Waals surface area contributed by atoms with Crippen LogP contribution in [0.4, 0.5) is 0 Å². The number of carbonyl (C=O) groups is 2. The second kappa shape index (κ2) is 9.08. The second-order valence-corrected chi connectivity index (χ2v) is 5.68. The minimum absolute atomic E-state index is 0.0820. The highest BCUT2D eigenvalue weighted by atomic mass is 35.5. The Morgan fingerprint density at radius 1 is 0.958 bits per heavy atom. The Morgan fingerprint density at radius 2 is 1.62 bits per heavy atom. The van der Waals surface area contributed by atoms with Gasteiger partial charge in [-0.1, -0.05) is 49.2 Å². The maximum atomic E-state index is 12.3. The zero-order valence-electron chi connectivity index (χ0n) is 13.5. The zero-order chi connectivity index (χ0) is 17.4. The van der Waals surface area contributed by atoms with Crippen molar-refractivity contribution in [2.24, 2.45) is 0 Å². The number of carbonyl (C=O) groups excluding carboxylic acids is 2. The van der Waals surface area contributed by atoms with Crippen LogP contribution in [-0.4, -0.2) is 18.5 Å². The Labute approximate surface area is 146 Å². The first-order valence-corrected chi connectivity index (χ1v) is 8.17. The first-order valence-electron chi connectivity index (χ1n) is 7.79. The molecular weight excluding hydrogens is 328 g/mol. The molecule has 0 radical (unpaired) electrons. The van der Waals surface area contributed by atoms with Crippen LogP contribution in [0.2, 0.25) is 5.02 Å². The molecule has 0 aliphatic heterocycles. The molecule has 0 N–H and O–H groups in total. The molecule has 0 heterocycles. The number of hydrogen-bond donors (Lipinski definition) is 0. The SMILES string of the molecule is CCCCOC(=O)c1ccccc1C(=O)OCc1cccc(Cl)c1. The van der Waals surface area contributed by atoms with E-state index in [1.165, 1.54) is 0 Å². The minimum atomic E-state index is -0.571. The number of rotatable bonds is 7. The van der Waals surface area contributed by atoms with E-state index in [2.05, 4.69) is 0 Å². The highest BCUT2D eigenvalue weighted by Crippen LogP contribution is 2.15. The maximum absolute atomic E-state index is 12.3. The van der Waals surface area contributed by atoms with E-state index >= 15 is 0 Å². The van der Waals surface area contributed by atoms with Crippen LogP contribution in [0.1, 0.15) is 46.0 Å². The molecule has 2 aromatic rings. The molecule has 0 saturated carbocycles. The van der Waals surface area contributed by atoms with Crippen LogP contribution in [0.25, 0.3) is 0 Å². The van der Waals surface area contributed by atoms with Crippen LogP contribution in [0.5, 0.6) is 0 Å². The molecule has 24 heavy (non-hydrogen) atoms. The van der Waals surface area contributed by atoms with Crippen molar-refractivity contribution in [2.75, 3.05) is 6.61 Å². The standard InChI is InChI=1S/C19H19ClO4/c1-2-3-11-23-18(21)16-9-4-5-10-17(16)19(22)24-13-14-7-6-8-15(20)12-14/h4-10,12H,2-3,11,13H2,1H3. The Hall–Kier alpha value is -2.33. The lowest BCUT2D eigenvalue weighted by Gasteiger charge is -2.10. The zero-order valence-corrected chi connectivity index (χ0v) is 14.2. The Kier molecular flexibility index (Phi) is 6.82. The number of ether oxygens (including phenoxy) is 2. The van der Waals surface area contributed by atoms with Gasteiger partial charge in [0.25, 0.3) is 0 Å². The van der Waals surface area contributed by atoms with Gasteiger partial charge in [0, 0.05) is 5.02 Å². The van der Waals surface area contributed by atoms with Gasteiger partial charge in [0.05, 0.1) is 17.7 Å². The molecule has 0 atom stereocenters. The average molecular weight is 347 g/mol. The van der Waals surface area contributed by atoms with Crippen LogP contribution in [0, 0.1) is 0 Å². The molecule has 0 amide bonds. The van der Waals surface area contributed by atoms with Crippen molar-refractivity contribution in [1.29, 1.82) is 0 Å².